The van der Waals surface area contributed by atoms with Crippen LogP contribution in [0.2, 0.25) is 0 Å². The summed E-state index contributed by atoms with van der Waals surface area (Å²) in [5, 5.41) is 52.6. The van der Waals surface area contributed by atoms with E-state index in [0.29, 0.717) is 31.4 Å². The van der Waals surface area contributed by atoms with E-state index in [1.165, 1.54) is 0 Å². The van der Waals surface area contributed by atoms with Crippen LogP contribution in [0.25, 0.3) is 0 Å². The highest BCUT2D eigenvalue weighted by Crippen LogP contribution is 2.43. The van der Waals surface area contributed by atoms with Gasteiger partial charge in [0, 0.05) is 69.6 Å². The molecule has 18 atom stereocenters. The van der Waals surface area contributed by atoms with Crippen molar-refractivity contribution in [2.24, 2.45) is 34.7 Å². The molecule has 368 valence electrons. The molecule has 2 heterocycles. The zero-order chi connectivity index (χ0) is 47.4. The summed E-state index contributed by atoms with van der Waals surface area (Å²) < 4.78 is 45.6. The van der Waals surface area contributed by atoms with Crippen molar-refractivity contribution in [3.8, 4) is 0 Å². The number of nitrogens with zero attached hydrogens (tertiary/aromatic N) is 2. The molecule has 0 spiro atoms. The largest absolute Gasteiger partial charge is 0.389 e. The minimum Gasteiger partial charge on any atom is -0.389 e. The van der Waals surface area contributed by atoms with Crippen molar-refractivity contribution in [1.29, 1.82) is 0 Å². The molecule has 15 nitrogen and oxygen atoms in total. The molecule has 2 aliphatic heterocycles. The topological polar surface area (TPSA) is 187 Å². The average Bonchev–Trinajstić information content (AvgIpc) is 3.22. The third-order valence-electron chi connectivity index (χ3n) is 15.3. The highest BCUT2D eigenvalue weighted by Gasteiger charge is 2.54. The molecule has 2 aliphatic carbocycles. The maximum atomic E-state index is 14.8. The van der Waals surface area contributed by atoms with Gasteiger partial charge in [0.2, 0.25) is 5.79 Å². The van der Waals surface area contributed by atoms with Gasteiger partial charge in [-0.05, 0) is 94.2 Å². The highest BCUT2D eigenvalue weighted by molar-refractivity contribution is 5.89. The molecule has 0 unspecified atom stereocenters. The third kappa shape index (κ3) is 12.4. The molecule has 4 fully saturated rings. The number of carbonyl (C=O) groups excluding carboxylic acids is 1. The van der Waals surface area contributed by atoms with Crippen molar-refractivity contribution >= 4 is 11.5 Å². The Kier molecular flexibility index (Phi) is 19.1. The molecule has 0 amide bonds. The van der Waals surface area contributed by atoms with Crippen LogP contribution in [0.1, 0.15) is 147 Å². The van der Waals surface area contributed by atoms with Crippen LogP contribution in [0.4, 0.5) is 0 Å². The van der Waals surface area contributed by atoms with E-state index >= 15 is 0 Å². The van der Waals surface area contributed by atoms with Crippen molar-refractivity contribution < 1.29 is 63.2 Å². The SMILES string of the molecule is CC[C@H]1CC(=O)[C@H](C)[C@@H](O[C@H]2C[C@@](C)(OC)[C@@H](O)[C@H](C)O2)[C@H](C)[C@@H](O[C@@H]2O[C@H](C)C[C@H](N(C)C)[C@H]2O)[C@](C)(OC)C[C@@H](C)/C(=N\OC2(OC(C)C)CCCCC2)[C@H](C)[C@@H](O)[C@]1(C)O. The number of carbonyl (C=O) groups is 1. The van der Waals surface area contributed by atoms with Crippen molar-refractivity contribution in [3.63, 3.8) is 0 Å². The second-order valence-corrected chi connectivity index (χ2v) is 20.9. The van der Waals surface area contributed by atoms with E-state index in [-0.39, 0.29) is 43.3 Å². The Balaban J connectivity index is 1.93. The van der Waals surface area contributed by atoms with E-state index in [4.69, 9.17) is 43.2 Å². The zero-order valence-electron chi connectivity index (χ0n) is 41.7. The summed E-state index contributed by atoms with van der Waals surface area (Å²) in [6.07, 6.45) is -2.42. The quantitative estimate of drug-likeness (QED) is 0.132. The Labute approximate surface area is 379 Å². The Morgan fingerprint density at radius 2 is 1.48 bits per heavy atom. The van der Waals surface area contributed by atoms with Gasteiger partial charge < -0.3 is 63.3 Å². The van der Waals surface area contributed by atoms with Gasteiger partial charge in [-0.25, -0.2) is 0 Å². The second kappa shape index (κ2) is 22.2. The summed E-state index contributed by atoms with van der Waals surface area (Å²) in [5.74, 6) is -4.34. The molecule has 63 heavy (non-hydrogen) atoms. The Hall–Kier alpha value is -1.34. The first-order valence-corrected chi connectivity index (χ1v) is 23.9. The van der Waals surface area contributed by atoms with Crippen LogP contribution in [0.3, 0.4) is 0 Å². The summed E-state index contributed by atoms with van der Waals surface area (Å²) in [5.41, 5.74) is -3.39. The molecule has 15 heteroatoms. The molecule has 4 N–H and O–H groups in total. The maximum Gasteiger partial charge on any atom is 0.237 e. The number of Topliss-reactive ketones (excluding diaryl/α,β-unsaturated/α-hetero) is 1. The predicted molar refractivity (Wildman–Crippen MR) is 240 cm³/mol. The van der Waals surface area contributed by atoms with E-state index in [0.717, 1.165) is 19.3 Å². The predicted octanol–water partition coefficient (Wildman–Crippen LogP) is 5.99. The summed E-state index contributed by atoms with van der Waals surface area (Å²) in [6, 6.07) is -0.264. The highest BCUT2D eigenvalue weighted by atomic mass is 16.8. The lowest BCUT2D eigenvalue weighted by molar-refractivity contribution is -0.318. The molecule has 0 radical (unpaired) electrons. The second-order valence-electron chi connectivity index (χ2n) is 20.9. The Morgan fingerprint density at radius 1 is 0.857 bits per heavy atom. The van der Waals surface area contributed by atoms with Gasteiger partial charge in [0.1, 0.15) is 18.0 Å². The van der Waals surface area contributed by atoms with Crippen molar-refractivity contribution in [3.05, 3.63) is 0 Å². The molecule has 0 bridgehead atoms. The number of aliphatic hydroxyl groups is 4. The van der Waals surface area contributed by atoms with Crippen LogP contribution in [0.15, 0.2) is 5.16 Å². The van der Waals surface area contributed by atoms with Crippen molar-refractivity contribution in [2.45, 2.75) is 237 Å². The molecule has 2 saturated carbocycles. The average molecular weight is 901 g/mol. The summed E-state index contributed by atoms with van der Waals surface area (Å²) in [4.78, 5) is 23.3. The fourth-order valence-corrected chi connectivity index (χ4v) is 11.1. The normalized spacial score (nSPS) is 45.7. The molecule has 0 aromatic heterocycles. The monoisotopic (exact) mass is 901 g/mol. The summed E-state index contributed by atoms with van der Waals surface area (Å²) >= 11 is 0. The standard InChI is InChI=1S/C48H88N2O13/c1-17-34-24-36(51)30(6)40(60-37-26-45(10,56-15)42(54)33(9)59-37)32(8)43(61-44-39(52)35(50(13)14)23-29(5)58-44)46(11,57-16)25-28(4)38(31(7)41(53)47(34,12)55)49-63-48(62-27(2)3)21-19-18-20-22-48/h27-35,37,39-44,52-55H,17-26H2,1-16H3/b49-38+/t28-,29-,30+,31+,32+,33+,34+,35+,37+,39-,40-,41-,42+,43-,44+,45-,46-,47-/m1/s1. The van der Waals surface area contributed by atoms with Crippen LogP contribution in [-0.4, -0.2) is 155 Å². The van der Waals surface area contributed by atoms with E-state index in [9.17, 15) is 25.2 Å². The van der Waals surface area contributed by atoms with Gasteiger partial charge >= 0.3 is 0 Å². The van der Waals surface area contributed by atoms with Crippen LogP contribution in [0.5, 0.6) is 0 Å². The molecule has 0 aromatic rings. The van der Waals surface area contributed by atoms with Gasteiger partial charge in [0.05, 0.1) is 59.1 Å². The minimum absolute atomic E-state index is 0.0547. The number of oxime groups is 1. The van der Waals surface area contributed by atoms with Crippen LogP contribution >= 0.6 is 0 Å². The first-order valence-electron chi connectivity index (χ1n) is 23.9. The lowest BCUT2D eigenvalue weighted by atomic mass is 9.69. The Morgan fingerprint density at radius 3 is 2.03 bits per heavy atom. The van der Waals surface area contributed by atoms with E-state index < -0.39 is 101 Å². The number of rotatable bonds is 12. The number of hydrogen-bond donors (Lipinski definition) is 4. The molecule has 2 saturated heterocycles. The summed E-state index contributed by atoms with van der Waals surface area (Å²) in [7, 11) is 7.00. The van der Waals surface area contributed by atoms with E-state index in [2.05, 4.69) is 0 Å². The van der Waals surface area contributed by atoms with Gasteiger partial charge in [0.25, 0.3) is 0 Å². The number of ether oxygens (including phenoxy) is 7. The van der Waals surface area contributed by atoms with Crippen molar-refractivity contribution in [1.82, 2.24) is 4.90 Å². The smallest absolute Gasteiger partial charge is 0.237 e. The van der Waals surface area contributed by atoms with E-state index in [1.54, 1.807) is 28.1 Å². The molecular weight excluding hydrogens is 813 g/mol. The van der Waals surface area contributed by atoms with E-state index in [1.807, 2.05) is 88.2 Å². The zero-order valence-corrected chi connectivity index (χ0v) is 41.7. The third-order valence-corrected chi connectivity index (χ3v) is 15.3. The molecule has 0 aromatic carbocycles. The molecule has 4 rings (SSSR count). The lowest BCUT2D eigenvalue weighted by Crippen LogP contribution is -2.61. The van der Waals surface area contributed by atoms with Gasteiger partial charge in [0.15, 0.2) is 12.6 Å². The molecule has 4 aliphatic rings. The number of ketones is 1. The van der Waals surface area contributed by atoms with Gasteiger partial charge in [-0.3, -0.25) is 4.79 Å². The number of methoxy groups -OCH3 is 2. The summed E-state index contributed by atoms with van der Waals surface area (Å²) in [6.45, 7) is 22.5. The number of likely N-dealkylation sites (N-methyl/N-ethyl adjacent to an activating group) is 1. The van der Waals surface area contributed by atoms with Gasteiger partial charge in [-0.15, -0.1) is 0 Å². The minimum atomic E-state index is -1.71. The van der Waals surface area contributed by atoms with Crippen molar-refractivity contribution in [2.75, 3.05) is 28.3 Å². The lowest BCUT2D eigenvalue weighted by Gasteiger charge is -2.50. The van der Waals surface area contributed by atoms with Gasteiger partial charge in [-0.2, -0.15) is 0 Å². The fourth-order valence-electron chi connectivity index (χ4n) is 11.1. The van der Waals surface area contributed by atoms with Crippen LogP contribution in [-0.2, 0) is 42.8 Å². The first-order chi connectivity index (χ1) is 29.3. The van der Waals surface area contributed by atoms with Crippen LogP contribution in [0, 0.1) is 29.6 Å². The maximum absolute atomic E-state index is 14.8. The molecular formula is C48H88N2O13. The van der Waals surface area contributed by atoms with Gasteiger partial charge in [-0.1, -0.05) is 52.6 Å². The first kappa shape index (κ1) is 54.3. The number of aliphatic hydroxyl groups excluding tert-OH is 3. The fraction of sp³-hybridized carbons (Fsp3) is 0.958. The Bertz CT molecular complexity index is 1480. The number of hydrogen-bond acceptors (Lipinski definition) is 15. The van der Waals surface area contributed by atoms with Crippen LogP contribution < -0.4 is 0 Å².